The van der Waals surface area contributed by atoms with Crippen LogP contribution in [0.15, 0.2) is 72.2 Å². The largest absolute Gasteiger partial charge is 0.490 e. The normalized spacial score (nSPS) is 16.1. The van der Waals surface area contributed by atoms with Crippen LogP contribution in [0.3, 0.4) is 0 Å². The Kier molecular flexibility index (Phi) is 6.85. The van der Waals surface area contributed by atoms with Crippen molar-refractivity contribution in [1.29, 1.82) is 0 Å². The lowest BCUT2D eigenvalue weighted by atomic mass is 10.0. The van der Waals surface area contributed by atoms with Gasteiger partial charge in [0, 0.05) is 6.42 Å². The molecule has 0 unspecified atom stereocenters. The molecule has 0 saturated carbocycles. The Morgan fingerprint density at radius 2 is 1.90 bits per heavy atom. The molecule has 0 radical (unpaired) electrons. The third kappa shape index (κ3) is 5.13. The van der Waals surface area contributed by atoms with E-state index in [9.17, 15) is 14.7 Å². The maximum atomic E-state index is 12.9. The number of amides is 1. The van der Waals surface area contributed by atoms with Gasteiger partial charge in [0.15, 0.2) is 0 Å². The van der Waals surface area contributed by atoms with Gasteiger partial charge in [-0.2, -0.15) is 0 Å². The van der Waals surface area contributed by atoms with Gasteiger partial charge in [-0.3, -0.25) is 9.69 Å². The minimum absolute atomic E-state index is 0.186. The van der Waals surface area contributed by atoms with Crippen molar-refractivity contribution in [1.82, 2.24) is 4.90 Å². The molecular weight excluding hydrogens is 406 g/mol. The molecule has 1 heterocycles. The highest BCUT2D eigenvalue weighted by atomic mass is 32.2. The molecule has 1 N–H and O–H groups in total. The van der Waals surface area contributed by atoms with E-state index in [1.54, 1.807) is 24.3 Å². The van der Waals surface area contributed by atoms with Crippen LogP contribution < -0.4 is 4.74 Å². The van der Waals surface area contributed by atoms with Gasteiger partial charge in [0.2, 0.25) is 0 Å². The summed E-state index contributed by atoms with van der Waals surface area (Å²) < 4.78 is 5.69. The van der Waals surface area contributed by atoms with E-state index >= 15 is 0 Å². The Bertz CT molecular complexity index is 955. The Labute approximate surface area is 178 Å². The van der Waals surface area contributed by atoms with E-state index < -0.39 is 17.9 Å². The van der Waals surface area contributed by atoms with Gasteiger partial charge in [0.05, 0.1) is 4.91 Å². The van der Waals surface area contributed by atoms with Crippen molar-refractivity contribution in [2.24, 2.45) is 0 Å². The number of ether oxygens (including phenoxy) is 1. The Morgan fingerprint density at radius 3 is 2.52 bits per heavy atom. The second-order valence-corrected chi connectivity index (χ2v) is 7.94. The Morgan fingerprint density at radius 1 is 1.21 bits per heavy atom. The van der Waals surface area contributed by atoms with Crippen LogP contribution in [0.25, 0.3) is 6.08 Å². The highest BCUT2D eigenvalue weighted by Crippen LogP contribution is 2.35. The number of nitrogens with zero attached hydrogens (tertiary/aromatic N) is 1. The molecule has 0 aromatic heterocycles. The Balaban J connectivity index is 1.79. The molecule has 148 valence electrons. The van der Waals surface area contributed by atoms with Crippen molar-refractivity contribution in [3.8, 4) is 5.75 Å². The van der Waals surface area contributed by atoms with Gasteiger partial charge < -0.3 is 9.84 Å². The van der Waals surface area contributed by atoms with Crippen molar-refractivity contribution in [2.75, 3.05) is 6.61 Å². The van der Waals surface area contributed by atoms with Crippen LogP contribution in [0.2, 0.25) is 0 Å². The number of carboxylic acid groups (broad SMARTS) is 1. The van der Waals surface area contributed by atoms with E-state index in [0.29, 0.717) is 17.3 Å². The fourth-order valence-corrected chi connectivity index (χ4v) is 4.20. The summed E-state index contributed by atoms with van der Waals surface area (Å²) >= 11 is 6.44. The van der Waals surface area contributed by atoms with Crippen LogP contribution in [0.1, 0.15) is 11.1 Å². The fraction of sp³-hybridized carbons (Fsp3) is 0.136. The van der Waals surface area contributed by atoms with Crippen molar-refractivity contribution in [2.45, 2.75) is 12.5 Å². The van der Waals surface area contributed by atoms with E-state index in [4.69, 9.17) is 17.0 Å². The van der Waals surface area contributed by atoms with Crippen LogP contribution in [0, 0.1) is 0 Å². The third-order valence-corrected chi connectivity index (χ3v) is 5.57. The fourth-order valence-electron chi connectivity index (χ4n) is 2.84. The zero-order chi connectivity index (χ0) is 20.8. The van der Waals surface area contributed by atoms with Crippen molar-refractivity contribution in [3.05, 3.63) is 83.3 Å². The van der Waals surface area contributed by atoms with Gasteiger partial charge in [0.1, 0.15) is 22.7 Å². The summed E-state index contributed by atoms with van der Waals surface area (Å²) in [6, 6.07) is 15.4. The predicted molar refractivity (Wildman–Crippen MR) is 119 cm³/mol. The van der Waals surface area contributed by atoms with Crippen LogP contribution in [-0.4, -0.2) is 38.9 Å². The summed E-state index contributed by atoms with van der Waals surface area (Å²) in [7, 11) is 0. The van der Waals surface area contributed by atoms with E-state index in [1.165, 1.54) is 4.90 Å². The molecule has 0 bridgehead atoms. The highest BCUT2D eigenvalue weighted by molar-refractivity contribution is 8.26. The maximum Gasteiger partial charge on any atom is 0.327 e. The van der Waals surface area contributed by atoms with E-state index in [1.807, 2.05) is 42.5 Å². The van der Waals surface area contributed by atoms with Gasteiger partial charge in [-0.25, -0.2) is 4.79 Å². The van der Waals surface area contributed by atoms with Gasteiger partial charge in [-0.15, -0.1) is 0 Å². The van der Waals surface area contributed by atoms with Crippen LogP contribution >= 0.6 is 24.0 Å². The van der Waals surface area contributed by atoms with E-state index in [2.05, 4.69) is 6.58 Å². The molecule has 3 rings (SSSR count). The molecule has 1 atom stereocenters. The Hall–Kier alpha value is -2.90. The number of carbonyl (C=O) groups is 2. The second-order valence-electron chi connectivity index (χ2n) is 6.26. The minimum Gasteiger partial charge on any atom is -0.490 e. The molecular formula is C22H19NO4S2. The smallest absolute Gasteiger partial charge is 0.327 e. The van der Waals surface area contributed by atoms with Gasteiger partial charge in [0.25, 0.3) is 5.91 Å². The predicted octanol–water partition coefficient (Wildman–Crippen LogP) is 4.15. The molecule has 5 nitrogen and oxygen atoms in total. The summed E-state index contributed by atoms with van der Waals surface area (Å²) in [6.45, 7) is 4.02. The molecule has 0 aliphatic carbocycles. The quantitative estimate of drug-likeness (QED) is 0.389. The van der Waals surface area contributed by atoms with Crippen molar-refractivity contribution >= 4 is 46.3 Å². The van der Waals surface area contributed by atoms with Crippen LogP contribution in [0.5, 0.6) is 5.75 Å². The highest BCUT2D eigenvalue weighted by Gasteiger charge is 2.40. The van der Waals surface area contributed by atoms with E-state index in [0.717, 1.165) is 22.9 Å². The van der Waals surface area contributed by atoms with Gasteiger partial charge >= 0.3 is 5.97 Å². The minimum atomic E-state index is -1.09. The van der Waals surface area contributed by atoms with Crippen LogP contribution in [-0.2, 0) is 16.0 Å². The summed E-state index contributed by atoms with van der Waals surface area (Å²) in [5.74, 6) is -0.783. The molecule has 2 aromatic rings. The first-order valence-electron chi connectivity index (χ1n) is 8.87. The van der Waals surface area contributed by atoms with E-state index in [-0.39, 0.29) is 10.7 Å². The zero-order valence-corrected chi connectivity index (χ0v) is 17.1. The lowest BCUT2D eigenvalue weighted by Gasteiger charge is -2.23. The number of aliphatic carboxylic acids is 1. The lowest BCUT2D eigenvalue weighted by molar-refractivity contribution is -0.145. The topological polar surface area (TPSA) is 66.8 Å². The SMILES string of the molecule is C=CCOc1ccc(/C=C2\SC(=S)N([C@H](Cc3ccccc3)C(=O)O)C2=O)cc1. The first-order valence-corrected chi connectivity index (χ1v) is 10.1. The number of thiocarbonyl (C=S) groups is 1. The van der Waals surface area contributed by atoms with Crippen LogP contribution in [0.4, 0.5) is 0 Å². The third-order valence-electron chi connectivity index (χ3n) is 4.24. The number of hydrogen-bond acceptors (Lipinski definition) is 5. The average molecular weight is 426 g/mol. The maximum absolute atomic E-state index is 12.9. The number of carboxylic acids is 1. The molecule has 1 aliphatic heterocycles. The summed E-state index contributed by atoms with van der Waals surface area (Å²) in [6.07, 6.45) is 3.55. The molecule has 1 amide bonds. The molecule has 29 heavy (non-hydrogen) atoms. The number of benzene rings is 2. The summed E-state index contributed by atoms with van der Waals surface area (Å²) in [5, 5.41) is 9.70. The molecule has 1 fully saturated rings. The zero-order valence-electron chi connectivity index (χ0n) is 15.5. The van der Waals surface area contributed by atoms with Crippen molar-refractivity contribution in [3.63, 3.8) is 0 Å². The van der Waals surface area contributed by atoms with Gasteiger partial charge in [-0.1, -0.05) is 79.1 Å². The summed E-state index contributed by atoms with van der Waals surface area (Å²) in [5.41, 5.74) is 1.62. The second kappa shape index (κ2) is 9.54. The summed E-state index contributed by atoms with van der Waals surface area (Å²) in [4.78, 5) is 26.4. The standard InChI is InChI=1S/C22H19NO4S2/c1-2-12-27-17-10-8-16(9-11-17)14-19-20(24)23(22(28)29-19)18(21(25)26)13-15-6-4-3-5-7-15/h2-11,14,18H,1,12-13H2,(H,25,26)/b19-14-/t18-/m1/s1. The monoisotopic (exact) mass is 425 g/mol. The molecule has 2 aromatic carbocycles. The number of hydrogen-bond donors (Lipinski definition) is 1. The number of rotatable bonds is 8. The lowest BCUT2D eigenvalue weighted by Crippen LogP contribution is -2.45. The first-order chi connectivity index (χ1) is 14.0. The average Bonchev–Trinajstić information content (AvgIpc) is 2.99. The first kappa shape index (κ1) is 20.8. The molecule has 1 saturated heterocycles. The van der Waals surface area contributed by atoms with Gasteiger partial charge in [-0.05, 0) is 29.3 Å². The molecule has 1 aliphatic rings. The number of carbonyl (C=O) groups excluding carboxylic acids is 1. The number of thioether (sulfide) groups is 1. The van der Waals surface area contributed by atoms with Crippen molar-refractivity contribution < 1.29 is 19.4 Å². The molecule has 0 spiro atoms. The molecule has 7 heteroatoms.